The number of nitrogens with zero attached hydrogens (tertiary/aromatic N) is 1. The van der Waals surface area contributed by atoms with Crippen molar-refractivity contribution < 1.29 is 42.0 Å². The van der Waals surface area contributed by atoms with Gasteiger partial charge >= 0.3 is 13.8 Å². The maximum absolute atomic E-state index is 12.7. The first-order valence-corrected chi connectivity index (χ1v) is 24.7. The quantitative estimate of drug-likeness (QED) is 0.0162. The molecule has 9 nitrogen and oxygen atoms in total. The highest BCUT2D eigenvalue weighted by Gasteiger charge is 2.35. The molecule has 0 saturated carbocycles. The first-order chi connectivity index (χ1) is 28.1. The zero-order valence-corrected chi connectivity index (χ0v) is 38.6. The molecule has 1 rings (SSSR count). The molecule has 0 aromatic heterocycles. The average Bonchev–Trinajstić information content (AvgIpc) is 3.95. The Hall–Kier alpha value is -1.84. The highest BCUT2D eigenvalue weighted by Crippen LogP contribution is 2.43. The minimum Gasteiger partial charge on any atom is -0.457 e. The number of quaternary nitrogens is 1. The number of ether oxygens (including phenoxy) is 3. The van der Waals surface area contributed by atoms with E-state index >= 15 is 0 Å². The Labute approximate surface area is 355 Å². The molecule has 0 radical (unpaired) electrons. The lowest BCUT2D eigenvalue weighted by atomic mass is 10.0. The zero-order chi connectivity index (χ0) is 42.4. The lowest BCUT2D eigenvalue weighted by Gasteiger charge is -2.24. The smallest absolute Gasteiger partial charge is 0.457 e. The fourth-order valence-electron chi connectivity index (χ4n) is 6.35. The van der Waals surface area contributed by atoms with E-state index in [1.807, 2.05) is 33.3 Å². The Morgan fingerprint density at radius 1 is 0.638 bits per heavy atom. The summed E-state index contributed by atoms with van der Waals surface area (Å²) in [6.07, 6.45) is 49.0. The van der Waals surface area contributed by atoms with Gasteiger partial charge in [0.25, 0.3) is 0 Å². The molecule has 1 aliphatic heterocycles. The molecule has 0 spiro atoms. The van der Waals surface area contributed by atoms with Crippen molar-refractivity contribution >= 4 is 13.8 Å². The molecule has 1 fully saturated rings. The van der Waals surface area contributed by atoms with Gasteiger partial charge < -0.3 is 23.6 Å². The number of hydrogen-bond acceptors (Lipinski definition) is 7. The van der Waals surface area contributed by atoms with Gasteiger partial charge in [-0.25, -0.2) is 4.57 Å². The Bertz CT molecular complexity index is 1180. The van der Waals surface area contributed by atoms with E-state index in [0.29, 0.717) is 36.3 Å². The molecule has 10 heteroatoms. The monoisotopic (exact) mass is 837 g/mol. The van der Waals surface area contributed by atoms with E-state index in [1.54, 1.807) is 0 Å². The summed E-state index contributed by atoms with van der Waals surface area (Å²) in [5.74, 6) is -0.397. The normalized spacial score (nSPS) is 17.8. The van der Waals surface area contributed by atoms with Crippen LogP contribution < -0.4 is 0 Å². The highest BCUT2D eigenvalue weighted by atomic mass is 31.2. The average molecular weight is 837 g/mol. The number of epoxide rings is 1. The lowest BCUT2D eigenvalue weighted by Crippen LogP contribution is -2.37. The summed E-state index contributed by atoms with van der Waals surface area (Å²) < 4.78 is 40.5. The molecular weight excluding hydrogens is 750 g/mol. The van der Waals surface area contributed by atoms with Crippen LogP contribution in [0, 0.1) is 0 Å². The van der Waals surface area contributed by atoms with Crippen LogP contribution in [0.2, 0.25) is 0 Å². The molecule has 0 bridgehead atoms. The number of hydrogen-bond donors (Lipinski definition) is 1. The molecule has 1 aliphatic rings. The third-order valence-corrected chi connectivity index (χ3v) is 11.1. The van der Waals surface area contributed by atoms with Gasteiger partial charge in [0.2, 0.25) is 0 Å². The summed E-state index contributed by atoms with van der Waals surface area (Å²) in [5.41, 5.74) is 0. The zero-order valence-electron chi connectivity index (χ0n) is 37.7. The molecule has 1 heterocycles. The van der Waals surface area contributed by atoms with Gasteiger partial charge in [-0.15, -0.1) is 0 Å². The fraction of sp³-hybridized carbons (Fsp3) is 0.771. The van der Waals surface area contributed by atoms with Gasteiger partial charge in [-0.1, -0.05) is 171 Å². The van der Waals surface area contributed by atoms with Crippen LogP contribution in [0.1, 0.15) is 168 Å². The van der Waals surface area contributed by atoms with Gasteiger partial charge in [-0.2, -0.15) is 0 Å². The van der Waals surface area contributed by atoms with Crippen molar-refractivity contribution in [1.82, 2.24) is 0 Å². The highest BCUT2D eigenvalue weighted by molar-refractivity contribution is 7.47. The number of carbonyl (C=O) groups excluding carboxylic acids is 1. The van der Waals surface area contributed by atoms with Crippen LogP contribution in [0.4, 0.5) is 0 Å². The predicted octanol–water partition coefficient (Wildman–Crippen LogP) is 12.7. The second kappa shape index (κ2) is 37.0. The standard InChI is InChI=1S/C48H86NO8P/c1-6-8-9-10-11-12-13-14-15-19-22-25-28-31-34-37-41-53-43-45(44-55-58(51,52)54-42-40-49(3,4)5)56-48(50)39-36-33-30-27-24-21-18-16-17-20-23-26-29-32-35-38-47-46(7-2)57-47/h16-17,21,23-24,26,30,32-33,35,45-47H,6-15,18-20,22,25,27-29,31,34,36-44H2,1-5H3/p+1/b17-16+,24-21+,26-23+,33-30+,35-32+. The molecule has 0 aliphatic carbocycles. The Kier molecular flexibility index (Phi) is 34.5. The summed E-state index contributed by atoms with van der Waals surface area (Å²) >= 11 is 0. The second-order valence-corrected chi connectivity index (χ2v) is 18.3. The van der Waals surface area contributed by atoms with E-state index in [1.165, 1.54) is 89.9 Å². The molecule has 0 amide bonds. The van der Waals surface area contributed by atoms with Crippen molar-refractivity contribution in [2.24, 2.45) is 0 Å². The van der Waals surface area contributed by atoms with Crippen molar-refractivity contribution in [1.29, 1.82) is 0 Å². The maximum atomic E-state index is 12.7. The lowest BCUT2D eigenvalue weighted by molar-refractivity contribution is -0.870. The van der Waals surface area contributed by atoms with Gasteiger partial charge in [-0.3, -0.25) is 13.8 Å². The summed E-state index contributed by atoms with van der Waals surface area (Å²) in [6, 6.07) is 0. The van der Waals surface area contributed by atoms with Crippen molar-refractivity contribution in [3.63, 3.8) is 0 Å². The van der Waals surface area contributed by atoms with Crippen LogP contribution in [0.5, 0.6) is 0 Å². The summed E-state index contributed by atoms with van der Waals surface area (Å²) in [4.78, 5) is 22.9. The van der Waals surface area contributed by atoms with Crippen LogP contribution >= 0.6 is 7.82 Å². The van der Waals surface area contributed by atoms with Crippen LogP contribution in [-0.2, 0) is 32.6 Å². The predicted molar refractivity (Wildman–Crippen MR) is 242 cm³/mol. The molecule has 0 aromatic rings. The third-order valence-electron chi connectivity index (χ3n) is 10.1. The summed E-state index contributed by atoms with van der Waals surface area (Å²) in [6.45, 7) is 5.42. The van der Waals surface area contributed by atoms with Gasteiger partial charge in [0, 0.05) is 13.0 Å². The topological polar surface area (TPSA) is 104 Å². The number of esters is 1. The Morgan fingerprint density at radius 2 is 1.12 bits per heavy atom. The van der Waals surface area contributed by atoms with Gasteiger partial charge in [0.05, 0.1) is 46.6 Å². The number of unbranched alkanes of at least 4 members (excludes halogenated alkanes) is 15. The molecule has 1 saturated heterocycles. The SMILES string of the molecule is CCCCCCCCCCCCCCCCCCOCC(COP(=O)(O)OCC[N+](C)(C)C)OC(=O)CC/C=C/C/C=C/C/C=C/C/C=C/C/C=C/CC1OC1CC. The second-order valence-electron chi connectivity index (χ2n) is 16.8. The molecule has 336 valence electrons. The van der Waals surface area contributed by atoms with Crippen LogP contribution in [-0.4, -0.2) is 87.8 Å². The van der Waals surface area contributed by atoms with Gasteiger partial charge in [0.1, 0.15) is 19.3 Å². The number of allylic oxidation sites excluding steroid dienone is 9. The first kappa shape index (κ1) is 54.2. The van der Waals surface area contributed by atoms with E-state index in [-0.39, 0.29) is 26.2 Å². The largest absolute Gasteiger partial charge is 0.472 e. The van der Waals surface area contributed by atoms with E-state index in [4.69, 9.17) is 23.3 Å². The molecule has 58 heavy (non-hydrogen) atoms. The van der Waals surface area contributed by atoms with Gasteiger partial charge in [-0.05, 0) is 51.4 Å². The number of likely N-dealkylation sites (N-methyl/N-ethyl adjacent to an activating group) is 1. The Morgan fingerprint density at radius 3 is 1.60 bits per heavy atom. The minimum absolute atomic E-state index is 0.0720. The first-order valence-electron chi connectivity index (χ1n) is 23.2. The molecule has 4 atom stereocenters. The summed E-state index contributed by atoms with van der Waals surface area (Å²) in [7, 11) is 1.61. The van der Waals surface area contributed by atoms with E-state index < -0.39 is 19.9 Å². The van der Waals surface area contributed by atoms with Crippen LogP contribution in [0.25, 0.3) is 0 Å². The number of rotatable bonds is 41. The molecule has 0 aromatic carbocycles. The van der Waals surface area contributed by atoms with Crippen molar-refractivity contribution in [3.05, 3.63) is 60.8 Å². The van der Waals surface area contributed by atoms with Gasteiger partial charge in [0.15, 0.2) is 0 Å². The number of phosphoric acid groups is 1. The van der Waals surface area contributed by atoms with Crippen molar-refractivity contribution in [2.45, 2.75) is 186 Å². The van der Waals surface area contributed by atoms with Crippen molar-refractivity contribution in [2.75, 3.05) is 54.1 Å². The number of carbonyl (C=O) groups is 1. The van der Waals surface area contributed by atoms with Crippen molar-refractivity contribution in [3.8, 4) is 0 Å². The molecule has 1 N–H and O–H groups in total. The third kappa shape index (κ3) is 37.2. The molecular formula is C48H87NO8P+. The molecule has 4 unspecified atom stereocenters. The van der Waals surface area contributed by atoms with E-state index in [2.05, 4.69) is 62.5 Å². The minimum atomic E-state index is -4.30. The number of phosphoric ester groups is 1. The Balaban J connectivity index is 2.24. The van der Waals surface area contributed by atoms with E-state index in [9.17, 15) is 14.3 Å². The van der Waals surface area contributed by atoms with E-state index in [0.717, 1.165) is 51.4 Å². The van der Waals surface area contributed by atoms with Crippen LogP contribution in [0.15, 0.2) is 60.8 Å². The van der Waals surface area contributed by atoms with Crippen LogP contribution in [0.3, 0.4) is 0 Å². The maximum Gasteiger partial charge on any atom is 0.472 e. The summed E-state index contributed by atoms with van der Waals surface area (Å²) in [5, 5.41) is 0. The fourth-order valence-corrected chi connectivity index (χ4v) is 7.09.